The predicted molar refractivity (Wildman–Crippen MR) is 229 cm³/mol. The smallest absolute Gasteiger partial charge is 0.328 e. The van der Waals surface area contributed by atoms with Gasteiger partial charge < -0.3 is 15.1 Å². The number of hydrogen-bond acceptors (Lipinski definition) is 8. The molecule has 1 atom stereocenters. The van der Waals surface area contributed by atoms with Gasteiger partial charge in [-0.15, -0.1) is 0 Å². The fourth-order valence-electron chi connectivity index (χ4n) is 9.16. The highest BCUT2D eigenvalue weighted by Gasteiger charge is 2.40. The molecule has 4 amide bonds. The van der Waals surface area contributed by atoms with E-state index >= 15 is 0 Å². The third kappa shape index (κ3) is 7.00. The maximum Gasteiger partial charge on any atom is 0.328 e. The summed E-state index contributed by atoms with van der Waals surface area (Å²) in [5, 5.41) is 5.20. The van der Waals surface area contributed by atoms with Crippen molar-refractivity contribution >= 4 is 46.0 Å². The summed E-state index contributed by atoms with van der Waals surface area (Å²) in [5.41, 5.74) is 9.17. The van der Waals surface area contributed by atoms with Crippen LogP contribution in [0, 0.1) is 0 Å². The number of rotatable bonds is 9. The van der Waals surface area contributed by atoms with Crippen LogP contribution in [0.1, 0.15) is 94.1 Å². The van der Waals surface area contributed by atoms with Gasteiger partial charge in [0.25, 0.3) is 18.2 Å². The van der Waals surface area contributed by atoms with Crippen molar-refractivity contribution in [2.75, 3.05) is 11.4 Å². The van der Waals surface area contributed by atoms with Crippen molar-refractivity contribution in [3.63, 3.8) is 0 Å². The van der Waals surface area contributed by atoms with Crippen molar-refractivity contribution in [3.8, 4) is 22.3 Å². The number of aryl methyl sites for hydroxylation is 3. The lowest BCUT2D eigenvalue weighted by Gasteiger charge is -2.33. The molecule has 1 saturated heterocycles. The Morgan fingerprint density at radius 1 is 0.887 bits per heavy atom. The van der Waals surface area contributed by atoms with Gasteiger partial charge in [0, 0.05) is 92.4 Å². The van der Waals surface area contributed by atoms with Crippen molar-refractivity contribution < 1.29 is 28.0 Å². The average Bonchev–Trinajstić information content (AvgIpc) is 3.72. The van der Waals surface area contributed by atoms with Crippen LogP contribution in [0.4, 0.5) is 20.2 Å². The summed E-state index contributed by atoms with van der Waals surface area (Å²) >= 11 is 0. The molecule has 316 valence electrons. The van der Waals surface area contributed by atoms with Crippen LogP contribution in [0.3, 0.4) is 0 Å². The second-order valence-electron chi connectivity index (χ2n) is 16.5. The van der Waals surface area contributed by atoms with Crippen LogP contribution < -0.4 is 21.2 Å². The molecule has 0 spiro atoms. The first-order valence-electron chi connectivity index (χ1n) is 20.7. The second kappa shape index (κ2) is 15.8. The van der Waals surface area contributed by atoms with Gasteiger partial charge in [0.15, 0.2) is 0 Å². The molecule has 0 radical (unpaired) electrons. The van der Waals surface area contributed by atoms with Crippen LogP contribution in [-0.2, 0) is 43.2 Å². The number of imidazole rings is 1. The minimum Gasteiger partial charge on any atom is -0.347 e. The summed E-state index contributed by atoms with van der Waals surface area (Å²) in [6.45, 7) is 5.10. The Kier molecular flexibility index (Phi) is 10.3. The van der Waals surface area contributed by atoms with E-state index in [0.717, 1.165) is 51.0 Å². The zero-order valence-electron chi connectivity index (χ0n) is 34.7. The topological polar surface area (TPSA) is 152 Å². The van der Waals surface area contributed by atoms with E-state index in [2.05, 4.69) is 45.4 Å². The molecule has 1 unspecified atom stereocenters. The fraction of sp³-hybridized carbons (Fsp3) is 0.298. The standard InChI is InChI=1S/C47H44F2N8O5/c1-25(2)33-17-30(18-40-42(33)55(4)47(62)54(40)3)56-14-6-7-27-16-34(35(43(48)49)19-39(27)56)28-10-11-37(51-23-28)44(59)52-21-26-15-29(22-50-20-26)31-8-5-9-32-36(31)24-57(46(32)61)38-12-13-41(58)53-45(38)60/h5,8-11,15-20,22-23,25,38,43H,6-7,12-14,21,24H2,1-4H3,(H,52,59)(H,53,58,60). The molecule has 6 aromatic rings. The lowest BCUT2D eigenvalue weighted by atomic mass is 9.91. The van der Waals surface area contributed by atoms with E-state index < -0.39 is 24.3 Å². The van der Waals surface area contributed by atoms with Crippen LogP contribution in [0.15, 0.2) is 84.0 Å². The Morgan fingerprint density at radius 2 is 1.69 bits per heavy atom. The van der Waals surface area contributed by atoms with E-state index in [9.17, 15) is 32.8 Å². The maximum atomic E-state index is 14.9. The third-order valence-corrected chi connectivity index (χ3v) is 12.4. The Hall–Kier alpha value is -7.03. The number of nitrogens with zero attached hydrogens (tertiary/aromatic N) is 6. The first-order valence-corrected chi connectivity index (χ1v) is 20.7. The number of halogens is 2. The highest BCUT2D eigenvalue weighted by Crippen LogP contribution is 2.43. The van der Waals surface area contributed by atoms with Gasteiger partial charge in [-0.2, -0.15) is 0 Å². The van der Waals surface area contributed by atoms with Gasteiger partial charge in [-0.25, -0.2) is 13.6 Å². The molecule has 6 heterocycles. The number of hydrogen-bond donors (Lipinski definition) is 2. The summed E-state index contributed by atoms with van der Waals surface area (Å²) in [6, 6.07) is 17.1. The summed E-state index contributed by atoms with van der Waals surface area (Å²) < 4.78 is 33.1. The van der Waals surface area contributed by atoms with Gasteiger partial charge in [-0.3, -0.25) is 43.6 Å². The normalized spacial score (nSPS) is 16.3. The number of imide groups is 1. The van der Waals surface area contributed by atoms with Gasteiger partial charge >= 0.3 is 5.69 Å². The number of piperidine rings is 1. The van der Waals surface area contributed by atoms with E-state index in [-0.39, 0.29) is 60.6 Å². The van der Waals surface area contributed by atoms with E-state index in [1.54, 1.807) is 59.9 Å². The molecule has 15 heteroatoms. The van der Waals surface area contributed by atoms with Crippen LogP contribution in [0.2, 0.25) is 0 Å². The maximum absolute atomic E-state index is 14.9. The van der Waals surface area contributed by atoms with Gasteiger partial charge in [-0.05, 0) is 101 Å². The molecule has 3 aliphatic rings. The molecule has 13 nitrogen and oxygen atoms in total. The average molecular weight is 839 g/mol. The molecule has 1 fully saturated rings. The lowest BCUT2D eigenvalue weighted by molar-refractivity contribution is -0.136. The van der Waals surface area contributed by atoms with E-state index in [1.165, 1.54) is 17.2 Å². The van der Waals surface area contributed by atoms with Crippen LogP contribution in [-0.4, -0.2) is 60.2 Å². The number of pyridine rings is 2. The third-order valence-electron chi connectivity index (χ3n) is 12.4. The zero-order valence-corrected chi connectivity index (χ0v) is 34.7. The Balaban J connectivity index is 0.925. The minimum absolute atomic E-state index is 0.111. The van der Waals surface area contributed by atoms with Crippen LogP contribution in [0.5, 0.6) is 0 Å². The number of fused-ring (bicyclic) bond motifs is 3. The quantitative estimate of drug-likeness (QED) is 0.150. The first kappa shape index (κ1) is 40.4. The molecule has 0 saturated carbocycles. The minimum atomic E-state index is -2.78. The number of anilines is 2. The van der Waals surface area contributed by atoms with Gasteiger partial charge in [0.05, 0.1) is 11.0 Å². The summed E-state index contributed by atoms with van der Waals surface area (Å²) in [4.78, 5) is 76.3. The Bertz CT molecular complexity index is 2900. The fourth-order valence-corrected chi connectivity index (χ4v) is 9.16. The monoisotopic (exact) mass is 838 g/mol. The molecule has 3 aromatic heterocycles. The van der Waals surface area contributed by atoms with Crippen LogP contribution >= 0.6 is 0 Å². The van der Waals surface area contributed by atoms with Gasteiger partial charge in [0.1, 0.15) is 11.7 Å². The predicted octanol–water partition coefficient (Wildman–Crippen LogP) is 6.84. The molecule has 0 bridgehead atoms. The summed E-state index contributed by atoms with van der Waals surface area (Å²) in [7, 11) is 3.51. The number of benzene rings is 3. The van der Waals surface area contributed by atoms with Crippen molar-refractivity contribution in [3.05, 3.63) is 129 Å². The summed E-state index contributed by atoms with van der Waals surface area (Å²) in [5.74, 6) is -1.45. The molecule has 2 N–H and O–H groups in total. The van der Waals surface area contributed by atoms with E-state index in [0.29, 0.717) is 40.9 Å². The molecule has 0 aliphatic carbocycles. The first-order chi connectivity index (χ1) is 29.8. The molecule has 62 heavy (non-hydrogen) atoms. The molecule has 9 rings (SSSR count). The number of carbonyl (C=O) groups is 4. The molecule has 3 aliphatic heterocycles. The number of alkyl halides is 2. The van der Waals surface area contributed by atoms with Crippen molar-refractivity contribution in [1.29, 1.82) is 0 Å². The summed E-state index contributed by atoms with van der Waals surface area (Å²) in [6.07, 6.45) is 3.87. The van der Waals surface area contributed by atoms with E-state index in [1.807, 2.05) is 24.3 Å². The van der Waals surface area contributed by atoms with Gasteiger partial charge in [-0.1, -0.05) is 32.0 Å². The highest BCUT2D eigenvalue weighted by molar-refractivity contribution is 6.06. The second-order valence-corrected chi connectivity index (χ2v) is 16.5. The lowest BCUT2D eigenvalue weighted by Crippen LogP contribution is -2.52. The van der Waals surface area contributed by atoms with Crippen molar-refractivity contribution in [1.82, 2.24) is 34.6 Å². The Labute approximate surface area is 355 Å². The van der Waals surface area contributed by atoms with Crippen molar-refractivity contribution in [2.24, 2.45) is 14.1 Å². The highest BCUT2D eigenvalue weighted by atomic mass is 19.3. The number of aromatic nitrogens is 4. The largest absolute Gasteiger partial charge is 0.347 e. The molecular formula is C47H44F2N8O5. The van der Waals surface area contributed by atoms with E-state index in [4.69, 9.17) is 0 Å². The Morgan fingerprint density at radius 3 is 2.44 bits per heavy atom. The number of nitrogens with one attached hydrogen (secondary N) is 2. The SMILES string of the molecule is CC(C)c1cc(N2CCCc3cc(-c4ccc(C(=O)NCc5cncc(-c6cccc7c6CN(C6CCC(=O)NC6=O)C7=O)c5)nc4)c(C(F)F)cc32)cc2c1n(C)c(=O)n2C. The van der Waals surface area contributed by atoms with Gasteiger partial charge in [0.2, 0.25) is 11.8 Å². The zero-order chi connectivity index (χ0) is 43.6. The number of amides is 4. The molecular weight excluding hydrogens is 795 g/mol. The molecule has 3 aromatic carbocycles. The van der Waals surface area contributed by atoms with Crippen molar-refractivity contribution in [2.45, 2.75) is 71.0 Å². The van der Waals surface area contributed by atoms with Crippen LogP contribution in [0.25, 0.3) is 33.3 Å². The number of carbonyl (C=O) groups excluding carboxylic acids is 4.